The topological polar surface area (TPSA) is 53.4 Å². The first kappa shape index (κ1) is 18.6. The molecule has 1 amide bonds. The molecule has 1 fully saturated rings. The molecule has 3 aliphatic rings. The number of hydrogen-bond acceptors (Lipinski definition) is 4. The Kier molecular flexibility index (Phi) is 4.56. The van der Waals surface area contributed by atoms with Gasteiger partial charge in [0.05, 0.1) is 17.0 Å². The number of carbonyl (C=O) groups excluding carboxylic acids is 1. The molecule has 1 aromatic carbocycles. The Morgan fingerprint density at radius 1 is 1.28 bits per heavy atom. The van der Waals surface area contributed by atoms with Crippen LogP contribution in [0.3, 0.4) is 0 Å². The van der Waals surface area contributed by atoms with Crippen LogP contribution < -0.4 is 5.32 Å². The molecule has 5 rings (SSSR count). The lowest BCUT2D eigenvalue weighted by Crippen LogP contribution is -2.49. The summed E-state index contributed by atoms with van der Waals surface area (Å²) in [5, 5.41) is 10.2. The molecule has 29 heavy (non-hydrogen) atoms. The molecule has 0 saturated carbocycles. The molecule has 3 atom stereocenters. The highest BCUT2D eigenvalue weighted by Gasteiger charge is 2.33. The molecule has 7 heteroatoms. The second-order valence-corrected chi connectivity index (χ2v) is 9.54. The van der Waals surface area contributed by atoms with Gasteiger partial charge in [-0.15, -0.1) is 0 Å². The van der Waals surface area contributed by atoms with Crippen LogP contribution in [-0.4, -0.2) is 56.9 Å². The average molecular weight is 407 g/mol. The minimum absolute atomic E-state index is 0.0724. The standard InChI is InChI=1S/C22H26N5OP/c1-14-8-18(26-7-6-23-15(2)11-26)13-27-21(28)10-20(29-22(14)27)16-4-5-19-17(9-16)12-25(3)24-19/h4-5,8-10,12-13,15,22-23,29H,6-7,11H2,1-3H3/t15-,22?/m0/s1. The number of hydrogen-bond donors (Lipinski definition) is 1. The number of benzene rings is 1. The van der Waals surface area contributed by atoms with Gasteiger partial charge in [-0.2, -0.15) is 5.10 Å². The van der Waals surface area contributed by atoms with Crippen LogP contribution in [0.25, 0.3) is 16.2 Å². The number of allylic oxidation sites excluding steroid dienone is 1. The van der Waals surface area contributed by atoms with E-state index in [2.05, 4.69) is 53.6 Å². The van der Waals surface area contributed by atoms with Crippen molar-refractivity contribution in [2.75, 3.05) is 19.6 Å². The van der Waals surface area contributed by atoms with Crippen molar-refractivity contribution in [3.8, 4) is 0 Å². The number of carbonyl (C=O) groups is 1. The molecular weight excluding hydrogens is 381 g/mol. The van der Waals surface area contributed by atoms with Crippen LogP contribution in [0.4, 0.5) is 0 Å². The van der Waals surface area contributed by atoms with E-state index in [1.165, 1.54) is 5.57 Å². The maximum absolute atomic E-state index is 13.1. The first-order chi connectivity index (χ1) is 14.0. The molecule has 1 aromatic heterocycles. The molecule has 0 radical (unpaired) electrons. The molecular formula is C22H26N5OP. The zero-order chi connectivity index (χ0) is 20.1. The second-order valence-electron chi connectivity index (χ2n) is 8.17. The third-order valence-corrected chi connectivity index (χ3v) is 7.59. The van der Waals surface area contributed by atoms with Gasteiger partial charge in [-0.3, -0.25) is 9.48 Å². The zero-order valence-corrected chi connectivity index (χ0v) is 18.0. The third kappa shape index (κ3) is 3.41. The Morgan fingerprint density at radius 2 is 2.14 bits per heavy atom. The zero-order valence-electron chi connectivity index (χ0n) is 17.0. The normalized spacial score (nSPS) is 25.8. The van der Waals surface area contributed by atoms with E-state index in [0.29, 0.717) is 14.6 Å². The van der Waals surface area contributed by atoms with Crippen LogP contribution in [0, 0.1) is 0 Å². The summed E-state index contributed by atoms with van der Waals surface area (Å²) in [5.74, 6) is 0.194. The Morgan fingerprint density at radius 3 is 2.97 bits per heavy atom. The van der Waals surface area contributed by atoms with E-state index in [9.17, 15) is 4.79 Å². The molecule has 0 spiro atoms. The summed E-state index contributed by atoms with van der Waals surface area (Å²) >= 11 is 0. The number of nitrogens with one attached hydrogen (secondary N) is 1. The fourth-order valence-electron chi connectivity index (χ4n) is 4.37. The molecule has 1 saturated heterocycles. The summed E-state index contributed by atoms with van der Waals surface area (Å²) in [6, 6.07) is 6.74. The average Bonchev–Trinajstić information content (AvgIpc) is 3.07. The third-order valence-electron chi connectivity index (χ3n) is 5.83. The first-order valence-electron chi connectivity index (χ1n) is 10.1. The fraction of sp³-hybridized carbons (Fsp3) is 0.364. The summed E-state index contributed by atoms with van der Waals surface area (Å²) in [6.45, 7) is 7.28. The molecule has 150 valence electrons. The van der Waals surface area contributed by atoms with Gasteiger partial charge in [0.15, 0.2) is 0 Å². The van der Waals surface area contributed by atoms with Gasteiger partial charge in [0.1, 0.15) is 0 Å². The van der Waals surface area contributed by atoms with Crippen molar-refractivity contribution in [2.45, 2.75) is 25.7 Å². The van der Waals surface area contributed by atoms with Gasteiger partial charge in [-0.25, -0.2) is 0 Å². The number of aryl methyl sites for hydroxylation is 1. The van der Waals surface area contributed by atoms with Gasteiger partial charge in [0, 0.05) is 56.6 Å². The molecule has 2 unspecified atom stereocenters. The minimum Gasteiger partial charge on any atom is -0.368 e. The molecule has 3 aliphatic heterocycles. The summed E-state index contributed by atoms with van der Waals surface area (Å²) in [5.41, 5.74) is 4.51. The molecule has 1 N–H and O–H groups in total. The van der Waals surface area contributed by atoms with Crippen molar-refractivity contribution in [1.29, 1.82) is 0 Å². The van der Waals surface area contributed by atoms with Gasteiger partial charge in [-0.1, -0.05) is 14.6 Å². The Labute approximate surface area is 172 Å². The molecule has 6 nitrogen and oxygen atoms in total. The maximum atomic E-state index is 13.1. The largest absolute Gasteiger partial charge is 0.368 e. The van der Waals surface area contributed by atoms with Gasteiger partial charge in [-0.05, 0) is 48.5 Å². The maximum Gasteiger partial charge on any atom is 0.252 e. The monoisotopic (exact) mass is 407 g/mol. The van der Waals surface area contributed by atoms with E-state index < -0.39 is 0 Å². The van der Waals surface area contributed by atoms with E-state index in [-0.39, 0.29) is 11.7 Å². The summed E-state index contributed by atoms with van der Waals surface area (Å²) in [4.78, 5) is 17.4. The molecule has 0 aliphatic carbocycles. The van der Waals surface area contributed by atoms with Crippen LogP contribution >= 0.6 is 8.58 Å². The predicted octanol–water partition coefficient (Wildman–Crippen LogP) is 2.86. The molecule has 4 heterocycles. The first-order valence-corrected chi connectivity index (χ1v) is 11.2. The van der Waals surface area contributed by atoms with Crippen LogP contribution in [-0.2, 0) is 11.8 Å². The van der Waals surface area contributed by atoms with Crippen molar-refractivity contribution in [2.24, 2.45) is 7.05 Å². The fourth-order valence-corrected chi connectivity index (χ4v) is 5.85. The van der Waals surface area contributed by atoms with E-state index >= 15 is 0 Å². The van der Waals surface area contributed by atoms with Crippen molar-refractivity contribution in [3.63, 3.8) is 0 Å². The quantitative estimate of drug-likeness (QED) is 0.778. The number of amides is 1. The highest BCUT2D eigenvalue weighted by Crippen LogP contribution is 2.47. The number of fused-ring (bicyclic) bond motifs is 2. The number of rotatable bonds is 2. The van der Waals surface area contributed by atoms with E-state index in [1.54, 1.807) is 0 Å². The summed E-state index contributed by atoms with van der Waals surface area (Å²) in [7, 11) is 2.47. The molecule has 2 aromatic rings. The second kappa shape index (κ2) is 7.12. The van der Waals surface area contributed by atoms with Crippen LogP contribution in [0.5, 0.6) is 0 Å². The molecule has 0 bridgehead atoms. The highest BCUT2D eigenvalue weighted by molar-refractivity contribution is 7.51. The Balaban J connectivity index is 1.45. The Bertz CT molecular complexity index is 1080. The van der Waals surface area contributed by atoms with E-state index in [1.807, 2.05) is 35.0 Å². The summed E-state index contributed by atoms with van der Waals surface area (Å²) < 4.78 is 1.83. The lowest BCUT2D eigenvalue weighted by molar-refractivity contribution is -0.124. The van der Waals surface area contributed by atoms with Crippen LogP contribution in [0.1, 0.15) is 19.4 Å². The van der Waals surface area contributed by atoms with Crippen molar-refractivity contribution >= 4 is 30.7 Å². The SMILES string of the molecule is CC1=CC(N2CCN[C@@H](C)C2)=CN2C(=O)C=C(c3ccc4nn(C)cc4c3)PC12. The van der Waals surface area contributed by atoms with Crippen molar-refractivity contribution in [3.05, 3.63) is 59.6 Å². The highest BCUT2D eigenvalue weighted by atomic mass is 31.1. The minimum atomic E-state index is 0.0724. The predicted molar refractivity (Wildman–Crippen MR) is 119 cm³/mol. The van der Waals surface area contributed by atoms with Gasteiger partial charge in [0.2, 0.25) is 0 Å². The van der Waals surface area contributed by atoms with Crippen molar-refractivity contribution in [1.82, 2.24) is 24.9 Å². The van der Waals surface area contributed by atoms with Crippen LogP contribution in [0.2, 0.25) is 0 Å². The van der Waals surface area contributed by atoms with Crippen molar-refractivity contribution < 1.29 is 4.79 Å². The van der Waals surface area contributed by atoms with Gasteiger partial charge in [0.25, 0.3) is 5.91 Å². The van der Waals surface area contributed by atoms with Crippen LogP contribution in [0.15, 0.2) is 54.0 Å². The smallest absolute Gasteiger partial charge is 0.252 e. The van der Waals surface area contributed by atoms with E-state index in [4.69, 9.17) is 0 Å². The van der Waals surface area contributed by atoms with Gasteiger partial charge < -0.3 is 15.1 Å². The summed E-state index contributed by atoms with van der Waals surface area (Å²) in [6.07, 6.45) is 8.17. The number of piperazine rings is 1. The van der Waals surface area contributed by atoms with E-state index in [0.717, 1.165) is 47.1 Å². The lowest BCUT2D eigenvalue weighted by Gasteiger charge is -2.41. The number of nitrogens with zero attached hydrogens (tertiary/aromatic N) is 4. The lowest BCUT2D eigenvalue weighted by atomic mass is 10.1. The number of aromatic nitrogens is 2. The van der Waals surface area contributed by atoms with Gasteiger partial charge >= 0.3 is 0 Å². The Hall–Kier alpha value is -2.43.